The van der Waals surface area contributed by atoms with E-state index in [0.717, 1.165) is 25.7 Å². The summed E-state index contributed by atoms with van der Waals surface area (Å²) in [6.07, 6.45) is 2.66. The van der Waals surface area contributed by atoms with Crippen LogP contribution >= 0.6 is 0 Å². The number of rotatable bonds is 4. The second kappa shape index (κ2) is 6.02. The first-order chi connectivity index (χ1) is 7.90. The van der Waals surface area contributed by atoms with Gasteiger partial charge in [0, 0.05) is 19.1 Å². The monoisotopic (exact) mass is 218 g/mol. The van der Waals surface area contributed by atoms with Crippen LogP contribution in [-0.4, -0.2) is 30.6 Å². The molecule has 1 unspecified atom stereocenters. The molecule has 0 amide bonds. The number of benzene rings is 1. The van der Waals surface area contributed by atoms with Crippen LogP contribution in [0.4, 0.5) is 0 Å². The van der Waals surface area contributed by atoms with Crippen molar-refractivity contribution in [1.29, 1.82) is 0 Å². The van der Waals surface area contributed by atoms with Gasteiger partial charge in [0.2, 0.25) is 0 Å². The summed E-state index contributed by atoms with van der Waals surface area (Å²) in [5.74, 6) is 0. The van der Waals surface area contributed by atoms with Gasteiger partial charge in [0.15, 0.2) is 0 Å². The fourth-order valence-electron chi connectivity index (χ4n) is 2.46. The van der Waals surface area contributed by atoms with E-state index in [1.165, 1.54) is 24.9 Å². The first-order valence-corrected chi connectivity index (χ1v) is 6.39. The van der Waals surface area contributed by atoms with Gasteiger partial charge in [-0.2, -0.15) is 0 Å². The smallest absolute Gasteiger partial charge is 0.0237 e. The van der Waals surface area contributed by atoms with Crippen molar-refractivity contribution in [3.8, 4) is 0 Å². The second-order valence-corrected chi connectivity index (χ2v) is 4.55. The zero-order valence-corrected chi connectivity index (χ0v) is 10.2. The molecule has 0 aliphatic carbocycles. The molecule has 1 atom stereocenters. The minimum atomic E-state index is 0.721. The van der Waals surface area contributed by atoms with Crippen LogP contribution in [0.2, 0.25) is 0 Å². The number of nitrogens with zero attached hydrogens (tertiary/aromatic N) is 1. The van der Waals surface area contributed by atoms with E-state index in [-0.39, 0.29) is 0 Å². The number of nitrogens with one attached hydrogen (secondary N) is 1. The molecular weight excluding hydrogens is 196 g/mol. The summed E-state index contributed by atoms with van der Waals surface area (Å²) >= 11 is 0. The van der Waals surface area contributed by atoms with Crippen LogP contribution < -0.4 is 5.32 Å². The predicted octanol–water partition coefficient (Wildman–Crippen LogP) is 2.26. The van der Waals surface area contributed by atoms with Crippen molar-refractivity contribution in [2.75, 3.05) is 19.6 Å². The first kappa shape index (κ1) is 11.6. The Bertz CT molecular complexity index is 291. The van der Waals surface area contributed by atoms with Crippen molar-refractivity contribution < 1.29 is 0 Å². The van der Waals surface area contributed by atoms with E-state index in [0.29, 0.717) is 0 Å². The van der Waals surface area contributed by atoms with E-state index in [2.05, 4.69) is 47.5 Å². The Morgan fingerprint density at radius 3 is 2.75 bits per heavy atom. The molecule has 0 aromatic heterocycles. The maximum absolute atomic E-state index is 3.49. The number of piperidine rings is 1. The third kappa shape index (κ3) is 3.06. The molecular formula is C14H22N2. The van der Waals surface area contributed by atoms with Gasteiger partial charge in [-0.1, -0.05) is 37.3 Å². The SMILES string of the molecule is CCN(Cc1ccccc1)C1CCCNC1. The standard InChI is InChI=1S/C14H22N2/c1-2-16(14-9-6-10-15-11-14)12-13-7-4-3-5-8-13/h3-5,7-8,14-15H,2,6,9-12H2,1H3. The highest BCUT2D eigenvalue weighted by atomic mass is 15.2. The molecule has 1 aromatic carbocycles. The zero-order chi connectivity index (χ0) is 11.2. The molecule has 0 spiro atoms. The van der Waals surface area contributed by atoms with E-state index in [1.807, 2.05) is 0 Å². The summed E-state index contributed by atoms with van der Waals surface area (Å²) in [4.78, 5) is 2.58. The van der Waals surface area contributed by atoms with Crippen molar-refractivity contribution >= 4 is 0 Å². The highest BCUT2D eigenvalue weighted by Gasteiger charge is 2.19. The van der Waals surface area contributed by atoms with Crippen LogP contribution in [0.5, 0.6) is 0 Å². The maximum atomic E-state index is 3.49. The Labute approximate surface area is 98.7 Å². The summed E-state index contributed by atoms with van der Waals surface area (Å²) in [6.45, 7) is 6.84. The first-order valence-electron chi connectivity index (χ1n) is 6.39. The average molecular weight is 218 g/mol. The van der Waals surface area contributed by atoms with Gasteiger partial charge in [-0.15, -0.1) is 0 Å². The molecule has 1 heterocycles. The quantitative estimate of drug-likeness (QED) is 0.834. The largest absolute Gasteiger partial charge is 0.315 e. The molecule has 88 valence electrons. The normalized spacial score (nSPS) is 21.2. The Balaban J connectivity index is 1.94. The van der Waals surface area contributed by atoms with Crippen LogP contribution in [0.25, 0.3) is 0 Å². The highest BCUT2D eigenvalue weighted by molar-refractivity contribution is 5.14. The molecule has 2 heteroatoms. The fraction of sp³-hybridized carbons (Fsp3) is 0.571. The van der Waals surface area contributed by atoms with Gasteiger partial charge in [-0.05, 0) is 31.5 Å². The van der Waals surface area contributed by atoms with E-state index in [4.69, 9.17) is 0 Å². The van der Waals surface area contributed by atoms with Crippen LogP contribution in [-0.2, 0) is 6.54 Å². The van der Waals surface area contributed by atoms with Gasteiger partial charge in [-0.25, -0.2) is 0 Å². The van der Waals surface area contributed by atoms with Crippen molar-refractivity contribution in [1.82, 2.24) is 10.2 Å². The minimum Gasteiger partial charge on any atom is -0.315 e. The van der Waals surface area contributed by atoms with Crippen LogP contribution in [0, 0.1) is 0 Å². The van der Waals surface area contributed by atoms with Gasteiger partial charge in [-0.3, -0.25) is 4.90 Å². The second-order valence-electron chi connectivity index (χ2n) is 4.55. The summed E-state index contributed by atoms with van der Waals surface area (Å²) in [5, 5.41) is 3.49. The summed E-state index contributed by atoms with van der Waals surface area (Å²) in [6, 6.07) is 11.5. The molecule has 1 fully saturated rings. The maximum Gasteiger partial charge on any atom is 0.0237 e. The van der Waals surface area contributed by atoms with E-state index in [9.17, 15) is 0 Å². The molecule has 0 saturated carbocycles. The van der Waals surface area contributed by atoms with Crippen molar-refractivity contribution in [3.63, 3.8) is 0 Å². The predicted molar refractivity (Wildman–Crippen MR) is 68.4 cm³/mol. The van der Waals surface area contributed by atoms with Gasteiger partial charge in [0.05, 0.1) is 0 Å². The van der Waals surface area contributed by atoms with Crippen molar-refractivity contribution in [2.24, 2.45) is 0 Å². The van der Waals surface area contributed by atoms with Crippen LogP contribution in [0.1, 0.15) is 25.3 Å². The highest BCUT2D eigenvalue weighted by Crippen LogP contribution is 2.13. The zero-order valence-electron chi connectivity index (χ0n) is 10.2. The van der Waals surface area contributed by atoms with E-state index >= 15 is 0 Å². The average Bonchev–Trinajstić information content (AvgIpc) is 2.38. The number of hydrogen-bond donors (Lipinski definition) is 1. The van der Waals surface area contributed by atoms with Gasteiger partial charge in [0.1, 0.15) is 0 Å². The molecule has 0 radical (unpaired) electrons. The van der Waals surface area contributed by atoms with Gasteiger partial charge >= 0.3 is 0 Å². The van der Waals surface area contributed by atoms with Crippen LogP contribution in [0.15, 0.2) is 30.3 Å². The Hall–Kier alpha value is -0.860. The van der Waals surface area contributed by atoms with Gasteiger partial charge in [0.25, 0.3) is 0 Å². The van der Waals surface area contributed by atoms with Gasteiger partial charge < -0.3 is 5.32 Å². The molecule has 1 aliphatic heterocycles. The number of likely N-dealkylation sites (N-methyl/N-ethyl adjacent to an activating group) is 1. The molecule has 1 aliphatic rings. The summed E-state index contributed by atoms with van der Waals surface area (Å²) in [5.41, 5.74) is 1.43. The lowest BCUT2D eigenvalue weighted by Gasteiger charge is -2.33. The molecule has 1 aromatic rings. The van der Waals surface area contributed by atoms with Crippen molar-refractivity contribution in [3.05, 3.63) is 35.9 Å². The lowest BCUT2D eigenvalue weighted by Crippen LogP contribution is -2.45. The Kier molecular flexibility index (Phi) is 4.37. The van der Waals surface area contributed by atoms with Crippen LogP contribution in [0.3, 0.4) is 0 Å². The van der Waals surface area contributed by atoms with Crippen molar-refractivity contribution in [2.45, 2.75) is 32.4 Å². The molecule has 1 saturated heterocycles. The molecule has 2 nitrogen and oxygen atoms in total. The third-order valence-corrected chi connectivity index (χ3v) is 3.42. The molecule has 16 heavy (non-hydrogen) atoms. The fourth-order valence-corrected chi connectivity index (χ4v) is 2.46. The topological polar surface area (TPSA) is 15.3 Å². The molecule has 1 N–H and O–H groups in total. The minimum absolute atomic E-state index is 0.721. The number of hydrogen-bond acceptors (Lipinski definition) is 2. The lowest BCUT2D eigenvalue weighted by molar-refractivity contribution is 0.166. The Morgan fingerprint density at radius 1 is 1.31 bits per heavy atom. The van der Waals surface area contributed by atoms with E-state index in [1.54, 1.807) is 0 Å². The third-order valence-electron chi connectivity index (χ3n) is 3.42. The molecule has 0 bridgehead atoms. The Morgan fingerprint density at radius 2 is 2.12 bits per heavy atom. The summed E-state index contributed by atoms with van der Waals surface area (Å²) < 4.78 is 0. The van der Waals surface area contributed by atoms with E-state index < -0.39 is 0 Å². The summed E-state index contributed by atoms with van der Waals surface area (Å²) in [7, 11) is 0. The lowest BCUT2D eigenvalue weighted by atomic mass is 10.0. The molecule has 2 rings (SSSR count).